The fourth-order valence-corrected chi connectivity index (χ4v) is 0.421. The summed E-state index contributed by atoms with van der Waals surface area (Å²) in [6.45, 7) is 2.56. The van der Waals surface area contributed by atoms with Crippen molar-refractivity contribution in [1.82, 2.24) is 0 Å². The van der Waals surface area contributed by atoms with Crippen LogP contribution in [0, 0.1) is 5.92 Å². The first-order valence-electron chi connectivity index (χ1n) is 2.21. The molecule has 1 fully saturated rings. The molecule has 1 aliphatic rings. The van der Waals surface area contributed by atoms with Gasteiger partial charge in [-0.15, -0.1) is 0 Å². The van der Waals surface area contributed by atoms with Crippen molar-refractivity contribution in [1.29, 1.82) is 0 Å². The van der Waals surface area contributed by atoms with Crippen LogP contribution in [-0.4, -0.2) is 19.8 Å². The van der Waals surface area contributed by atoms with Crippen molar-refractivity contribution in [2.45, 2.75) is 0 Å². The van der Waals surface area contributed by atoms with Crippen LogP contribution in [0.4, 0.5) is 0 Å². The molecule has 2 heteroatoms. The third-order valence-electron chi connectivity index (χ3n) is 1.04. The van der Waals surface area contributed by atoms with E-state index >= 15 is 0 Å². The summed E-state index contributed by atoms with van der Waals surface area (Å²) in [5, 5.41) is 0. The third-order valence-corrected chi connectivity index (χ3v) is 1.04. The maximum atomic E-state index is 5.25. The number of nitrogens with two attached hydrogens (primary N) is 1. The van der Waals surface area contributed by atoms with E-state index in [-0.39, 0.29) is 1.43 Å². The van der Waals surface area contributed by atoms with Crippen LogP contribution >= 0.6 is 0 Å². The van der Waals surface area contributed by atoms with Gasteiger partial charge in [0.25, 0.3) is 0 Å². The van der Waals surface area contributed by atoms with E-state index in [2.05, 4.69) is 0 Å². The molecule has 0 unspecified atom stereocenters. The molecule has 0 aromatic heterocycles. The van der Waals surface area contributed by atoms with Gasteiger partial charge in [0.15, 0.2) is 0 Å². The zero-order chi connectivity index (χ0) is 4.41. The molecule has 2 N–H and O–H groups in total. The molecule has 0 aromatic rings. The second-order valence-corrected chi connectivity index (χ2v) is 1.64. The lowest BCUT2D eigenvalue weighted by Crippen LogP contribution is -2.33. The van der Waals surface area contributed by atoms with Crippen LogP contribution in [0.3, 0.4) is 0 Å². The fourth-order valence-electron chi connectivity index (χ4n) is 0.421. The smallest absolute Gasteiger partial charge is 0.0528 e. The Morgan fingerprint density at radius 2 is 2.50 bits per heavy atom. The molecule has 1 rings (SSSR count). The number of rotatable bonds is 1. The standard InChI is InChI=1S/C4H9NO.H2/c5-1-4-2-6-3-4;/h4H,1-3,5H2;1H. The van der Waals surface area contributed by atoms with Crippen molar-refractivity contribution in [3.8, 4) is 0 Å². The quantitative estimate of drug-likeness (QED) is 0.484. The highest BCUT2D eigenvalue weighted by atomic mass is 16.5. The highest BCUT2D eigenvalue weighted by molar-refractivity contribution is 4.64. The molecule has 0 radical (unpaired) electrons. The molecule has 1 saturated heterocycles. The van der Waals surface area contributed by atoms with Gasteiger partial charge >= 0.3 is 0 Å². The second-order valence-electron chi connectivity index (χ2n) is 1.64. The van der Waals surface area contributed by atoms with Gasteiger partial charge in [-0.25, -0.2) is 0 Å². The fraction of sp³-hybridized carbons (Fsp3) is 1.00. The van der Waals surface area contributed by atoms with Crippen molar-refractivity contribution in [2.24, 2.45) is 11.7 Å². The molecule has 0 spiro atoms. The predicted octanol–water partition coefficient (Wildman–Crippen LogP) is -0.163. The lowest BCUT2D eigenvalue weighted by molar-refractivity contribution is -0.0268. The summed E-state index contributed by atoms with van der Waals surface area (Å²) >= 11 is 0. The first kappa shape index (κ1) is 4.09. The van der Waals surface area contributed by atoms with Crippen molar-refractivity contribution in [3.63, 3.8) is 0 Å². The SMILES string of the molecule is NCC1COC1.[HH]. The van der Waals surface area contributed by atoms with Gasteiger partial charge in [0.2, 0.25) is 0 Å². The van der Waals surface area contributed by atoms with Crippen molar-refractivity contribution < 1.29 is 6.16 Å². The summed E-state index contributed by atoms with van der Waals surface area (Å²) in [7, 11) is 0. The van der Waals surface area contributed by atoms with E-state index in [9.17, 15) is 0 Å². The van der Waals surface area contributed by atoms with E-state index in [4.69, 9.17) is 10.5 Å². The summed E-state index contributed by atoms with van der Waals surface area (Å²) in [4.78, 5) is 0. The Labute approximate surface area is 38.8 Å². The molecular weight excluding hydrogens is 78.0 g/mol. The van der Waals surface area contributed by atoms with Gasteiger partial charge in [-0.2, -0.15) is 0 Å². The van der Waals surface area contributed by atoms with Crippen molar-refractivity contribution in [3.05, 3.63) is 0 Å². The highest BCUT2D eigenvalue weighted by Crippen LogP contribution is 2.05. The Morgan fingerprint density at radius 3 is 2.50 bits per heavy atom. The molecule has 2 nitrogen and oxygen atoms in total. The van der Waals surface area contributed by atoms with E-state index in [1.807, 2.05) is 0 Å². The van der Waals surface area contributed by atoms with Gasteiger partial charge in [-0.1, -0.05) is 0 Å². The number of hydrogen-bond donors (Lipinski definition) is 1. The molecular formula is C4H11NO. The van der Waals surface area contributed by atoms with Crippen molar-refractivity contribution >= 4 is 0 Å². The molecule has 1 heterocycles. The number of hydrogen-bond acceptors (Lipinski definition) is 2. The molecule has 38 valence electrons. The monoisotopic (exact) mass is 89.1 g/mol. The first-order valence-corrected chi connectivity index (χ1v) is 2.21. The van der Waals surface area contributed by atoms with E-state index in [0.29, 0.717) is 5.92 Å². The van der Waals surface area contributed by atoms with Gasteiger partial charge in [-0.05, 0) is 6.54 Å². The molecule has 1 aliphatic heterocycles. The second kappa shape index (κ2) is 1.58. The molecule has 0 saturated carbocycles. The van der Waals surface area contributed by atoms with Crippen LogP contribution < -0.4 is 5.73 Å². The maximum Gasteiger partial charge on any atom is 0.0528 e. The molecule has 0 atom stereocenters. The molecule has 0 amide bonds. The first-order chi connectivity index (χ1) is 2.93. The highest BCUT2D eigenvalue weighted by Gasteiger charge is 2.14. The van der Waals surface area contributed by atoms with E-state index < -0.39 is 0 Å². The summed E-state index contributed by atoms with van der Waals surface area (Å²) in [6.07, 6.45) is 0. The summed E-state index contributed by atoms with van der Waals surface area (Å²) < 4.78 is 4.85. The Bertz CT molecular complexity index is 44.2. The molecule has 0 aliphatic carbocycles. The lowest BCUT2D eigenvalue weighted by Gasteiger charge is -2.23. The van der Waals surface area contributed by atoms with Crippen LogP contribution in [0.15, 0.2) is 0 Å². The van der Waals surface area contributed by atoms with Gasteiger partial charge in [0, 0.05) is 7.34 Å². The molecule has 0 aromatic carbocycles. The minimum Gasteiger partial charge on any atom is -0.381 e. The Morgan fingerprint density at radius 1 is 1.83 bits per heavy atom. The largest absolute Gasteiger partial charge is 0.381 e. The minimum absolute atomic E-state index is 0. The predicted molar refractivity (Wildman–Crippen MR) is 25.5 cm³/mol. The Kier molecular flexibility index (Phi) is 1.08. The van der Waals surface area contributed by atoms with Crippen LogP contribution in [0.2, 0.25) is 0 Å². The van der Waals surface area contributed by atoms with Gasteiger partial charge in [0.05, 0.1) is 13.2 Å². The Hall–Kier alpha value is -0.0800. The van der Waals surface area contributed by atoms with Crippen LogP contribution in [-0.2, 0) is 4.74 Å². The normalized spacial score (nSPS) is 23.5. The lowest BCUT2D eigenvalue weighted by atomic mass is 10.1. The van der Waals surface area contributed by atoms with E-state index in [1.54, 1.807) is 0 Å². The van der Waals surface area contributed by atoms with Gasteiger partial charge in [0.1, 0.15) is 0 Å². The summed E-state index contributed by atoms with van der Waals surface area (Å²) in [5.41, 5.74) is 5.25. The molecule has 0 bridgehead atoms. The third kappa shape index (κ3) is 0.533. The maximum absolute atomic E-state index is 5.25. The van der Waals surface area contributed by atoms with Crippen LogP contribution in [0.1, 0.15) is 1.43 Å². The summed E-state index contributed by atoms with van der Waals surface area (Å²) in [5.74, 6) is 0.671. The number of ether oxygens (including phenoxy) is 1. The van der Waals surface area contributed by atoms with E-state index in [0.717, 1.165) is 19.8 Å². The van der Waals surface area contributed by atoms with Gasteiger partial charge in [-0.3, -0.25) is 0 Å². The average molecular weight is 89.1 g/mol. The summed E-state index contributed by atoms with van der Waals surface area (Å²) in [6, 6.07) is 0. The molecule has 6 heavy (non-hydrogen) atoms. The van der Waals surface area contributed by atoms with Crippen LogP contribution in [0.25, 0.3) is 0 Å². The van der Waals surface area contributed by atoms with Crippen LogP contribution in [0.5, 0.6) is 0 Å². The van der Waals surface area contributed by atoms with Crippen molar-refractivity contribution in [2.75, 3.05) is 19.8 Å². The Balaban J connectivity index is 0.000000360. The van der Waals surface area contributed by atoms with E-state index in [1.165, 1.54) is 0 Å². The zero-order valence-corrected chi connectivity index (χ0v) is 3.68. The minimum atomic E-state index is 0. The average Bonchev–Trinajstić information content (AvgIpc) is 1.31. The van der Waals surface area contributed by atoms with Gasteiger partial charge < -0.3 is 10.5 Å². The topological polar surface area (TPSA) is 35.2 Å². The zero-order valence-electron chi connectivity index (χ0n) is 3.68.